The highest BCUT2D eigenvalue weighted by atomic mass is 16.5. The molecular weight excluding hydrogens is 264 g/mol. The van der Waals surface area contributed by atoms with Crippen molar-refractivity contribution in [3.05, 3.63) is 65.7 Å². The summed E-state index contributed by atoms with van der Waals surface area (Å²) >= 11 is 0. The summed E-state index contributed by atoms with van der Waals surface area (Å²) in [7, 11) is 1.65. The van der Waals surface area contributed by atoms with Crippen LogP contribution in [0.15, 0.2) is 54.6 Å². The Hall–Kier alpha value is -2.29. The summed E-state index contributed by atoms with van der Waals surface area (Å²) in [6, 6.07) is 18.2. The van der Waals surface area contributed by atoms with Crippen LogP contribution in [0.4, 0.5) is 0 Å². The molecule has 1 fully saturated rings. The second-order valence-corrected chi connectivity index (χ2v) is 5.51. The zero-order valence-electron chi connectivity index (χ0n) is 12.0. The Labute approximate surface area is 124 Å². The zero-order chi connectivity index (χ0) is 14.7. The first-order chi connectivity index (χ1) is 10.2. The third kappa shape index (κ3) is 2.77. The molecule has 108 valence electrons. The predicted molar refractivity (Wildman–Crippen MR) is 80.4 cm³/mol. The zero-order valence-corrected chi connectivity index (χ0v) is 12.0. The molecule has 0 aliphatic carbocycles. The van der Waals surface area contributed by atoms with Crippen LogP contribution >= 0.6 is 0 Å². The van der Waals surface area contributed by atoms with Crippen LogP contribution in [0.5, 0.6) is 5.75 Å². The lowest BCUT2D eigenvalue weighted by molar-refractivity contribution is -0.137. The van der Waals surface area contributed by atoms with Crippen LogP contribution in [0.1, 0.15) is 17.5 Å². The van der Waals surface area contributed by atoms with E-state index < -0.39 is 0 Å². The van der Waals surface area contributed by atoms with Crippen LogP contribution in [0.2, 0.25) is 0 Å². The topological polar surface area (TPSA) is 35.5 Å². The average molecular weight is 282 g/mol. The van der Waals surface area contributed by atoms with Gasteiger partial charge in [-0.15, -0.1) is 0 Å². The number of hydrogen-bond donors (Lipinski definition) is 0. The van der Waals surface area contributed by atoms with Crippen molar-refractivity contribution < 1.29 is 14.3 Å². The van der Waals surface area contributed by atoms with Crippen molar-refractivity contribution in [2.75, 3.05) is 13.7 Å². The van der Waals surface area contributed by atoms with Crippen molar-refractivity contribution in [1.82, 2.24) is 0 Å². The summed E-state index contributed by atoms with van der Waals surface area (Å²) < 4.78 is 10.5. The van der Waals surface area contributed by atoms with Gasteiger partial charge in [0.2, 0.25) is 0 Å². The molecule has 0 aromatic heterocycles. The van der Waals surface area contributed by atoms with Gasteiger partial charge in [-0.3, -0.25) is 4.79 Å². The maximum absolute atomic E-state index is 11.7. The van der Waals surface area contributed by atoms with Crippen molar-refractivity contribution in [3.8, 4) is 5.75 Å². The van der Waals surface area contributed by atoms with Gasteiger partial charge in [-0.05, 0) is 29.7 Å². The molecule has 3 nitrogen and oxygen atoms in total. The van der Waals surface area contributed by atoms with Gasteiger partial charge in [0.15, 0.2) is 0 Å². The maximum Gasteiger partial charge on any atom is 0.306 e. The minimum atomic E-state index is -0.273. The number of methoxy groups -OCH3 is 1. The van der Waals surface area contributed by atoms with E-state index in [1.165, 1.54) is 5.56 Å². The Kier molecular flexibility index (Phi) is 3.65. The number of hydrogen-bond acceptors (Lipinski definition) is 3. The van der Waals surface area contributed by atoms with Crippen LogP contribution in [-0.4, -0.2) is 19.7 Å². The summed E-state index contributed by atoms with van der Waals surface area (Å²) in [5.74, 6) is 0.695. The smallest absolute Gasteiger partial charge is 0.306 e. The molecular formula is C18H18O3. The third-order valence-corrected chi connectivity index (χ3v) is 4.08. The van der Waals surface area contributed by atoms with Crippen molar-refractivity contribution in [2.45, 2.75) is 18.3 Å². The van der Waals surface area contributed by atoms with Crippen LogP contribution in [0.25, 0.3) is 0 Å². The molecule has 2 aromatic carbocycles. The third-order valence-electron chi connectivity index (χ3n) is 4.08. The predicted octanol–water partition coefficient (Wildman–Crippen LogP) is 3.12. The molecule has 21 heavy (non-hydrogen) atoms. The van der Waals surface area contributed by atoms with E-state index in [2.05, 4.69) is 12.1 Å². The Morgan fingerprint density at radius 2 is 1.81 bits per heavy atom. The molecule has 0 N–H and O–H groups in total. The van der Waals surface area contributed by atoms with Gasteiger partial charge in [-0.1, -0.05) is 42.5 Å². The number of benzene rings is 2. The highest BCUT2D eigenvalue weighted by Gasteiger charge is 2.42. The first-order valence-corrected chi connectivity index (χ1v) is 7.06. The Bertz CT molecular complexity index is 619. The van der Waals surface area contributed by atoms with Crippen LogP contribution < -0.4 is 4.74 Å². The van der Waals surface area contributed by atoms with Crippen molar-refractivity contribution in [1.29, 1.82) is 0 Å². The second kappa shape index (κ2) is 5.60. The normalized spacial score (nSPS) is 21.1. The monoisotopic (exact) mass is 282 g/mol. The van der Waals surface area contributed by atoms with E-state index in [0.29, 0.717) is 13.0 Å². The SMILES string of the molecule is COc1ccc([C@@]2(Cc3ccccc3)COC(=O)C2)cc1. The molecule has 3 rings (SSSR count). The summed E-state index contributed by atoms with van der Waals surface area (Å²) in [6.07, 6.45) is 1.22. The molecule has 0 amide bonds. The largest absolute Gasteiger partial charge is 0.497 e. The quantitative estimate of drug-likeness (QED) is 0.808. The van der Waals surface area contributed by atoms with E-state index in [4.69, 9.17) is 9.47 Å². The molecule has 1 saturated heterocycles. The molecule has 0 spiro atoms. The van der Waals surface area contributed by atoms with E-state index >= 15 is 0 Å². The summed E-state index contributed by atoms with van der Waals surface area (Å²) in [4.78, 5) is 11.7. The highest BCUT2D eigenvalue weighted by Crippen LogP contribution is 2.37. The molecule has 0 bridgehead atoms. The van der Waals surface area contributed by atoms with Crippen LogP contribution in [0, 0.1) is 0 Å². The fourth-order valence-corrected chi connectivity index (χ4v) is 2.93. The molecule has 0 radical (unpaired) electrons. The number of carbonyl (C=O) groups is 1. The fraction of sp³-hybridized carbons (Fsp3) is 0.278. The van der Waals surface area contributed by atoms with E-state index in [-0.39, 0.29) is 11.4 Å². The second-order valence-electron chi connectivity index (χ2n) is 5.51. The van der Waals surface area contributed by atoms with E-state index in [9.17, 15) is 4.79 Å². The maximum atomic E-state index is 11.7. The molecule has 0 saturated carbocycles. The number of esters is 1. The van der Waals surface area contributed by atoms with E-state index in [1.54, 1.807) is 7.11 Å². The van der Waals surface area contributed by atoms with Crippen LogP contribution in [0.3, 0.4) is 0 Å². The number of rotatable bonds is 4. The Balaban J connectivity index is 1.94. The van der Waals surface area contributed by atoms with Gasteiger partial charge < -0.3 is 9.47 Å². The van der Waals surface area contributed by atoms with Crippen molar-refractivity contribution in [2.24, 2.45) is 0 Å². The van der Waals surface area contributed by atoms with Gasteiger partial charge in [0, 0.05) is 5.41 Å². The fourth-order valence-electron chi connectivity index (χ4n) is 2.93. The lowest BCUT2D eigenvalue weighted by Crippen LogP contribution is -2.29. The molecule has 1 aliphatic rings. The highest BCUT2D eigenvalue weighted by molar-refractivity contribution is 5.74. The minimum absolute atomic E-state index is 0.123. The van der Waals surface area contributed by atoms with Gasteiger partial charge in [0.05, 0.1) is 13.5 Å². The lowest BCUT2D eigenvalue weighted by Gasteiger charge is -2.27. The Morgan fingerprint density at radius 3 is 2.38 bits per heavy atom. The van der Waals surface area contributed by atoms with Gasteiger partial charge in [-0.25, -0.2) is 0 Å². The molecule has 0 unspecified atom stereocenters. The number of carbonyl (C=O) groups excluding carboxylic acids is 1. The van der Waals surface area contributed by atoms with Gasteiger partial charge in [-0.2, -0.15) is 0 Å². The van der Waals surface area contributed by atoms with E-state index in [1.807, 2.05) is 42.5 Å². The summed E-state index contributed by atoms with van der Waals surface area (Å²) in [6.45, 7) is 0.438. The van der Waals surface area contributed by atoms with Crippen molar-refractivity contribution in [3.63, 3.8) is 0 Å². The molecule has 1 aliphatic heterocycles. The molecule has 1 atom stereocenters. The van der Waals surface area contributed by atoms with Crippen LogP contribution in [-0.2, 0) is 21.4 Å². The molecule has 1 heterocycles. The first-order valence-electron chi connectivity index (χ1n) is 7.06. The summed E-state index contributed by atoms with van der Waals surface area (Å²) in [5.41, 5.74) is 2.06. The number of ether oxygens (including phenoxy) is 2. The number of cyclic esters (lactones) is 1. The Morgan fingerprint density at radius 1 is 1.10 bits per heavy atom. The minimum Gasteiger partial charge on any atom is -0.497 e. The first kappa shape index (κ1) is 13.7. The van der Waals surface area contributed by atoms with Gasteiger partial charge >= 0.3 is 5.97 Å². The summed E-state index contributed by atoms with van der Waals surface area (Å²) in [5, 5.41) is 0. The van der Waals surface area contributed by atoms with Gasteiger partial charge in [0.25, 0.3) is 0 Å². The van der Waals surface area contributed by atoms with Crippen molar-refractivity contribution >= 4 is 5.97 Å². The molecule has 3 heteroatoms. The standard InChI is InChI=1S/C18H18O3/c1-20-16-9-7-15(8-10-16)18(12-17(19)21-13-18)11-14-5-3-2-4-6-14/h2-10H,11-13H2,1H3/t18-/m1/s1. The van der Waals surface area contributed by atoms with Gasteiger partial charge in [0.1, 0.15) is 12.4 Å². The average Bonchev–Trinajstić information content (AvgIpc) is 2.90. The van der Waals surface area contributed by atoms with E-state index in [0.717, 1.165) is 17.7 Å². The lowest BCUT2D eigenvalue weighted by atomic mass is 9.75. The molecule has 2 aromatic rings.